The summed E-state index contributed by atoms with van der Waals surface area (Å²) in [4.78, 5) is 8.10. The van der Waals surface area contributed by atoms with Gasteiger partial charge in [0, 0.05) is 35.0 Å². The molecule has 1 aromatic carbocycles. The second kappa shape index (κ2) is 6.71. The van der Waals surface area contributed by atoms with Crippen LogP contribution in [0.4, 0.5) is 5.95 Å². The zero-order valence-electron chi connectivity index (χ0n) is 15.5. The lowest BCUT2D eigenvalue weighted by molar-refractivity contribution is 0.395. The summed E-state index contributed by atoms with van der Waals surface area (Å²) >= 11 is 6.54. The van der Waals surface area contributed by atoms with Crippen molar-refractivity contribution in [3.63, 3.8) is 0 Å². The number of nitrogen functional groups attached to an aromatic ring is 1. The Hall–Kier alpha value is -3.18. The Morgan fingerprint density at radius 3 is 2.48 bits per heavy atom. The van der Waals surface area contributed by atoms with Crippen LogP contribution in [0.5, 0.6) is 11.5 Å². The molecular weight excluding hydrogens is 420 g/mol. The van der Waals surface area contributed by atoms with E-state index in [0.717, 1.165) is 6.26 Å². The Morgan fingerprint density at radius 1 is 1.07 bits per heavy atom. The number of sulfone groups is 1. The van der Waals surface area contributed by atoms with Gasteiger partial charge in [-0.05, 0) is 12.1 Å². The molecule has 4 aromatic rings. The lowest BCUT2D eigenvalue weighted by Crippen LogP contribution is -2.07. The van der Waals surface area contributed by atoms with Crippen molar-refractivity contribution in [1.29, 1.82) is 0 Å². The lowest BCUT2D eigenvalue weighted by atomic mass is 10.0. The number of rotatable bonds is 4. The first-order chi connectivity index (χ1) is 13.7. The van der Waals surface area contributed by atoms with Crippen LogP contribution in [0.3, 0.4) is 0 Å². The molecule has 3 aromatic heterocycles. The number of hydrogen-bond donors (Lipinski definition) is 1. The number of halogens is 1. The largest absolute Gasteiger partial charge is 0.497 e. The van der Waals surface area contributed by atoms with E-state index in [1.54, 1.807) is 18.2 Å². The predicted molar refractivity (Wildman–Crippen MR) is 107 cm³/mol. The van der Waals surface area contributed by atoms with Gasteiger partial charge in [-0.1, -0.05) is 11.6 Å². The fourth-order valence-corrected chi connectivity index (χ4v) is 3.74. The fraction of sp³-hybridized carbons (Fsp3) is 0.176. The summed E-state index contributed by atoms with van der Waals surface area (Å²) in [6.07, 6.45) is 2.42. The van der Waals surface area contributed by atoms with E-state index in [9.17, 15) is 8.42 Å². The number of aromatic nitrogens is 5. The molecule has 29 heavy (non-hydrogen) atoms. The molecule has 0 spiro atoms. The number of pyridine rings is 1. The van der Waals surface area contributed by atoms with Crippen molar-refractivity contribution in [2.24, 2.45) is 0 Å². The highest BCUT2D eigenvalue weighted by atomic mass is 35.5. The van der Waals surface area contributed by atoms with E-state index < -0.39 is 9.84 Å². The SMILES string of the molecule is COc1cc(OC)c(Cl)c(-c2cc3cnc(S(C)(=O)=O)nc3n3c(N)nnc23)c1. The normalized spacial score (nSPS) is 11.9. The van der Waals surface area contributed by atoms with Crippen LogP contribution in [0, 0.1) is 0 Å². The lowest BCUT2D eigenvalue weighted by Gasteiger charge is -2.13. The van der Waals surface area contributed by atoms with Gasteiger partial charge >= 0.3 is 0 Å². The first-order valence-corrected chi connectivity index (χ1v) is 10.4. The quantitative estimate of drug-likeness (QED) is 0.478. The van der Waals surface area contributed by atoms with Crippen LogP contribution in [0.2, 0.25) is 5.02 Å². The highest BCUT2D eigenvalue weighted by Crippen LogP contribution is 2.41. The minimum atomic E-state index is -3.62. The molecule has 0 unspecified atom stereocenters. The number of ether oxygens (including phenoxy) is 2. The van der Waals surface area contributed by atoms with Crippen LogP contribution < -0.4 is 15.2 Å². The number of anilines is 1. The van der Waals surface area contributed by atoms with Gasteiger partial charge in [0.25, 0.3) is 0 Å². The maximum absolute atomic E-state index is 11.9. The van der Waals surface area contributed by atoms with Crippen LogP contribution in [0.1, 0.15) is 0 Å². The fourth-order valence-electron chi connectivity index (χ4n) is 2.96. The van der Waals surface area contributed by atoms with Gasteiger partial charge in [0.05, 0.1) is 19.2 Å². The van der Waals surface area contributed by atoms with Gasteiger partial charge in [-0.15, -0.1) is 10.2 Å². The van der Waals surface area contributed by atoms with Crippen LogP contribution >= 0.6 is 11.6 Å². The highest BCUT2D eigenvalue weighted by Gasteiger charge is 2.21. The summed E-state index contributed by atoms with van der Waals surface area (Å²) in [5, 5.41) is 8.57. The van der Waals surface area contributed by atoms with E-state index in [1.807, 2.05) is 0 Å². The van der Waals surface area contributed by atoms with Gasteiger partial charge in [-0.2, -0.15) is 4.98 Å². The van der Waals surface area contributed by atoms with Crippen molar-refractivity contribution in [3.8, 4) is 22.6 Å². The van der Waals surface area contributed by atoms with Gasteiger partial charge in [-0.25, -0.2) is 17.8 Å². The zero-order chi connectivity index (χ0) is 20.9. The molecule has 0 aliphatic rings. The van der Waals surface area contributed by atoms with Crippen molar-refractivity contribution >= 4 is 44.1 Å². The maximum Gasteiger partial charge on any atom is 0.248 e. The van der Waals surface area contributed by atoms with E-state index in [2.05, 4.69) is 20.2 Å². The predicted octanol–water partition coefficient (Wildman–Crippen LogP) is 2.00. The second-order valence-electron chi connectivity index (χ2n) is 6.17. The van der Waals surface area contributed by atoms with Gasteiger partial charge in [-0.3, -0.25) is 0 Å². The molecule has 12 heteroatoms. The van der Waals surface area contributed by atoms with Crippen molar-refractivity contribution in [2.75, 3.05) is 26.2 Å². The Bertz CT molecular complexity index is 1390. The molecule has 0 bridgehead atoms. The molecule has 10 nitrogen and oxygen atoms in total. The molecule has 3 heterocycles. The number of nitrogens with two attached hydrogens (primary N) is 1. The maximum atomic E-state index is 11.9. The van der Waals surface area contributed by atoms with E-state index in [-0.39, 0.29) is 16.8 Å². The third kappa shape index (κ3) is 3.08. The summed E-state index contributed by atoms with van der Waals surface area (Å²) in [5.74, 6) is 0.974. The van der Waals surface area contributed by atoms with Crippen molar-refractivity contribution in [2.45, 2.75) is 5.16 Å². The van der Waals surface area contributed by atoms with Crippen LogP contribution in [0.15, 0.2) is 29.6 Å². The number of hydrogen-bond acceptors (Lipinski definition) is 9. The molecule has 0 saturated carbocycles. The molecule has 150 valence electrons. The summed E-state index contributed by atoms with van der Waals surface area (Å²) < 4.78 is 35.9. The minimum absolute atomic E-state index is 0.0379. The summed E-state index contributed by atoms with van der Waals surface area (Å²) in [6.45, 7) is 0. The first kappa shape index (κ1) is 19.2. The Morgan fingerprint density at radius 2 is 1.83 bits per heavy atom. The molecule has 0 amide bonds. The van der Waals surface area contributed by atoms with E-state index >= 15 is 0 Å². The molecule has 0 atom stereocenters. The molecule has 0 saturated heterocycles. The topological polar surface area (TPSA) is 135 Å². The average molecular weight is 435 g/mol. The summed E-state index contributed by atoms with van der Waals surface area (Å²) in [7, 11) is -0.595. The second-order valence-corrected chi connectivity index (χ2v) is 8.46. The molecule has 0 fully saturated rings. The van der Waals surface area contributed by atoms with Gasteiger partial charge < -0.3 is 15.2 Å². The molecule has 0 aliphatic carbocycles. The number of methoxy groups -OCH3 is 2. The first-order valence-electron chi connectivity index (χ1n) is 8.17. The monoisotopic (exact) mass is 434 g/mol. The van der Waals surface area contributed by atoms with E-state index in [0.29, 0.717) is 38.7 Å². The average Bonchev–Trinajstić information content (AvgIpc) is 3.08. The van der Waals surface area contributed by atoms with Gasteiger partial charge in [0.15, 0.2) is 11.3 Å². The molecule has 0 radical (unpaired) electrons. The third-order valence-corrected chi connectivity index (χ3v) is 5.55. The Kier molecular flexibility index (Phi) is 4.43. The molecule has 4 rings (SSSR count). The third-order valence-electron chi connectivity index (χ3n) is 4.30. The van der Waals surface area contributed by atoms with Crippen molar-refractivity contribution < 1.29 is 17.9 Å². The summed E-state index contributed by atoms with van der Waals surface area (Å²) in [5.41, 5.74) is 7.72. The van der Waals surface area contributed by atoms with Gasteiger partial charge in [0.2, 0.25) is 20.9 Å². The standard InChI is InChI=1S/C17H15ClN6O4S/c1-27-9-5-10(13(18)12(6-9)28-2)11-4-8-7-20-17(29(3,25)26)21-14(8)24-15(11)22-23-16(24)19/h4-7H,1-3H3,(H2,19,23). The van der Waals surface area contributed by atoms with Gasteiger partial charge in [0.1, 0.15) is 11.5 Å². The highest BCUT2D eigenvalue weighted by molar-refractivity contribution is 7.90. The number of benzene rings is 1. The van der Waals surface area contributed by atoms with Crippen molar-refractivity contribution in [3.05, 3.63) is 29.4 Å². The van der Waals surface area contributed by atoms with Crippen LogP contribution in [0.25, 0.3) is 27.8 Å². The Labute approximate surface area is 170 Å². The smallest absolute Gasteiger partial charge is 0.248 e. The van der Waals surface area contributed by atoms with Crippen LogP contribution in [-0.2, 0) is 9.84 Å². The molecule has 2 N–H and O–H groups in total. The van der Waals surface area contributed by atoms with E-state index in [1.165, 1.54) is 24.8 Å². The number of nitrogens with zero attached hydrogens (tertiary/aromatic N) is 5. The molecular formula is C17H15ClN6O4S. The van der Waals surface area contributed by atoms with Crippen molar-refractivity contribution in [1.82, 2.24) is 24.6 Å². The van der Waals surface area contributed by atoms with Crippen LogP contribution in [-0.4, -0.2) is 53.5 Å². The molecule has 0 aliphatic heterocycles. The summed E-state index contributed by atoms with van der Waals surface area (Å²) in [6, 6.07) is 5.11. The Balaban J connectivity index is 2.12. The zero-order valence-corrected chi connectivity index (χ0v) is 17.1. The van der Waals surface area contributed by atoms with E-state index in [4.69, 9.17) is 26.8 Å². The number of fused-ring (bicyclic) bond motifs is 3. The minimum Gasteiger partial charge on any atom is -0.497 e.